The van der Waals surface area contributed by atoms with Gasteiger partial charge in [-0.3, -0.25) is 4.79 Å². The molecule has 1 unspecified atom stereocenters. The molecule has 0 fully saturated rings. The number of aromatic nitrogens is 1. The molecule has 2 heterocycles. The second-order valence-electron chi connectivity index (χ2n) is 6.27. The van der Waals surface area contributed by atoms with Gasteiger partial charge in [0, 0.05) is 10.9 Å². The Bertz CT molecular complexity index is 1250. The summed E-state index contributed by atoms with van der Waals surface area (Å²) in [5, 5.41) is 11.2. The number of carbonyl (C=O) groups is 1. The van der Waals surface area contributed by atoms with Gasteiger partial charge in [-0.25, -0.2) is 13.8 Å². The number of fused-ring (bicyclic) bond motifs is 1. The molecule has 0 aliphatic rings. The van der Waals surface area contributed by atoms with E-state index in [0.29, 0.717) is 11.3 Å². The zero-order valence-corrected chi connectivity index (χ0v) is 16.7. The average molecular weight is 479 g/mol. The van der Waals surface area contributed by atoms with Gasteiger partial charge in [-0.05, 0) is 52.3 Å². The van der Waals surface area contributed by atoms with Crippen LogP contribution in [0.5, 0.6) is 5.75 Å². The van der Waals surface area contributed by atoms with E-state index in [2.05, 4.69) is 20.9 Å². The molecule has 4 rings (SSSR count). The smallest absolute Gasteiger partial charge is 0.254 e. The number of halogens is 3. The van der Waals surface area contributed by atoms with E-state index in [1.807, 2.05) is 6.07 Å². The van der Waals surface area contributed by atoms with Crippen molar-refractivity contribution in [2.45, 2.75) is 6.10 Å². The van der Waals surface area contributed by atoms with Crippen LogP contribution in [-0.4, -0.2) is 22.6 Å². The van der Waals surface area contributed by atoms with E-state index in [0.717, 1.165) is 23.1 Å². The lowest BCUT2D eigenvalue weighted by Crippen LogP contribution is -2.17. The Balaban J connectivity index is 1.54. The molecule has 0 aliphatic heterocycles. The number of ether oxygens (including phenoxy) is 1. The van der Waals surface area contributed by atoms with Crippen LogP contribution in [0.3, 0.4) is 0 Å². The van der Waals surface area contributed by atoms with Gasteiger partial charge in [0.05, 0.1) is 6.26 Å². The van der Waals surface area contributed by atoms with Crippen molar-refractivity contribution < 1.29 is 32.3 Å². The van der Waals surface area contributed by atoms with Crippen LogP contribution in [0.1, 0.15) is 22.4 Å². The zero-order chi connectivity index (χ0) is 21.4. The fraction of sp³-hybridized carbons (Fsp3) is 0.100. The maximum atomic E-state index is 14.2. The van der Waals surface area contributed by atoms with E-state index in [4.69, 9.17) is 19.3 Å². The SMILES string of the molecule is NC(=O)c1c(F)ccc(OCC(O)c2nc(-c3ccc4occc4c3)c(Br)o2)c1F. The first-order valence-electron chi connectivity index (χ1n) is 8.57. The summed E-state index contributed by atoms with van der Waals surface area (Å²) in [7, 11) is 0. The molecular formula is C20H13BrF2N2O5. The number of hydrogen-bond acceptors (Lipinski definition) is 6. The third-order valence-electron chi connectivity index (χ3n) is 4.31. The minimum atomic E-state index is -1.37. The molecule has 10 heteroatoms. The summed E-state index contributed by atoms with van der Waals surface area (Å²) in [6, 6.07) is 9.03. The van der Waals surface area contributed by atoms with Gasteiger partial charge in [0.2, 0.25) is 5.89 Å². The first-order valence-corrected chi connectivity index (χ1v) is 9.37. The molecule has 0 spiro atoms. The summed E-state index contributed by atoms with van der Waals surface area (Å²) < 4.78 is 44.0. The van der Waals surface area contributed by atoms with Crippen LogP contribution >= 0.6 is 15.9 Å². The Labute approximate surface area is 176 Å². The van der Waals surface area contributed by atoms with E-state index in [1.165, 1.54) is 0 Å². The number of furan rings is 1. The van der Waals surface area contributed by atoms with Crippen molar-refractivity contribution in [1.82, 2.24) is 4.98 Å². The molecule has 7 nitrogen and oxygen atoms in total. The monoisotopic (exact) mass is 478 g/mol. The van der Waals surface area contributed by atoms with Crippen LogP contribution in [-0.2, 0) is 0 Å². The van der Waals surface area contributed by atoms with E-state index in [1.54, 1.807) is 24.5 Å². The number of oxazole rings is 1. The van der Waals surface area contributed by atoms with Gasteiger partial charge in [0.1, 0.15) is 29.3 Å². The average Bonchev–Trinajstić information content (AvgIpc) is 3.32. The molecule has 2 aromatic carbocycles. The van der Waals surface area contributed by atoms with E-state index in [-0.39, 0.29) is 10.6 Å². The first kappa shape index (κ1) is 20.0. The molecule has 0 radical (unpaired) electrons. The predicted octanol–water partition coefficient (Wildman–Crippen LogP) is 4.34. The molecule has 0 saturated carbocycles. The van der Waals surface area contributed by atoms with Crippen molar-refractivity contribution >= 4 is 32.8 Å². The van der Waals surface area contributed by atoms with Crippen LogP contribution in [0, 0.1) is 11.6 Å². The molecule has 154 valence electrons. The van der Waals surface area contributed by atoms with Crippen molar-refractivity contribution in [2.24, 2.45) is 5.73 Å². The highest BCUT2D eigenvalue weighted by Gasteiger charge is 2.23. The molecule has 2 aromatic heterocycles. The van der Waals surface area contributed by atoms with Gasteiger partial charge in [0.15, 0.2) is 22.3 Å². The lowest BCUT2D eigenvalue weighted by Gasteiger charge is -2.11. The van der Waals surface area contributed by atoms with Gasteiger partial charge < -0.3 is 24.4 Å². The number of aliphatic hydroxyl groups is 1. The van der Waals surface area contributed by atoms with Crippen molar-refractivity contribution in [2.75, 3.05) is 6.61 Å². The third-order valence-corrected chi connectivity index (χ3v) is 4.85. The second-order valence-corrected chi connectivity index (χ2v) is 6.99. The summed E-state index contributed by atoms with van der Waals surface area (Å²) in [6.45, 7) is -0.464. The van der Waals surface area contributed by atoms with Crippen LogP contribution in [0.25, 0.3) is 22.2 Å². The minimum Gasteiger partial charge on any atom is -0.487 e. The maximum Gasteiger partial charge on any atom is 0.254 e. The summed E-state index contributed by atoms with van der Waals surface area (Å²) >= 11 is 3.26. The number of primary amides is 1. The van der Waals surface area contributed by atoms with E-state index in [9.17, 15) is 18.7 Å². The van der Waals surface area contributed by atoms with Crippen molar-refractivity contribution in [1.29, 1.82) is 0 Å². The Morgan fingerprint density at radius 3 is 2.83 bits per heavy atom. The summed E-state index contributed by atoms with van der Waals surface area (Å²) in [4.78, 5) is 15.5. The minimum absolute atomic E-state index is 0.0817. The first-order chi connectivity index (χ1) is 14.3. The summed E-state index contributed by atoms with van der Waals surface area (Å²) in [5.74, 6) is -4.16. The molecule has 1 atom stereocenters. The number of benzene rings is 2. The van der Waals surface area contributed by atoms with Gasteiger partial charge in [0.25, 0.3) is 5.91 Å². The Kier molecular flexibility index (Phi) is 5.27. The van der Waals surface area contributed by atoms with Gasteiger partial charge in [-0.2, -0.15) is 0 Å². The molecule has 0 aliphatic carbocycles. The van der Waals surface area contributed by atoms with E-state index >= 15 is 0 Å². The Morgan fingerprint density at radius 2 is 2.07 bits per heavy atom. The van der Waals surface area contributed by atoms with Crippen LogP contribution < -0.4 is 10.5 Å². The fourth-order valence-electron chi connectivity index (χ4n) is 2.86. The summed E-state index contributed by atoms with van der Waals surface area (Å²) in [5.41, 5.74) is 5.92. The molecule has 30 heavy (non-hydrogen) atoms. The number of aliphatic hydroxyl groups excluding tert-OH is 1. The number of hydrogen-bond donors (Lipinski definition) is 2. The lowest BCUT2D eigenvalue weighted by molar-refractivity contribution is 0.0811. The normalized spacial score (nSPS) is 12.3. The fourth-order valence-corrected chi connectivity index (χ4v) is 3.35. The molecule has 3 N–H and O–H groups in total. The Morgan fingerprint density at radius 1 is 1.27 bits per heavy atom. The molecule has 0 saturated heterocycles. The van der Waals surface area contributed by atoms with Crippen LogP contribution in [0.4, 0.5) is 8.78 Å². The van der Waals surface area contributed by atoms with E-state index < -0.39 is 41.6 Å². The van der Waals surface area contributed by atoms with Gasteiger partial charge in [-0.1, -0.05) is 0 Å². The largest absolute Gasteiger partial charge is 0.487 e. The predicted molar refractivity (Wildman–Crippen MR) is 105 cm³/mol. The highest BCUT2D eigenvalue weighted by molar-refractivity contribution is 9.10. The Hall–Kier alpha value is -3.24. The van der Waals surface area contributed by atoms with Crippen LogP contribution in [0.15, 0.2) is 56.2 Å². The van der Waals surface area contributed by atoms with Crippen molar-refractivity contribution in [3.05, 3.63) is 70.4 Å². The van der Waals surface area contributed by atoms with Crippen LogP contribution in [0.2, 0.25) is 0 Å². The molecule has 4 aromatic rings. The van der Waals surface area contributed by atoms with Gasteiger partial charge in [-0.15, -0.1) is 0 Å². The standard InChI is InChI=1S/C20H13BrF2N2O5/c21-18-17(10-1-3-13-9(7-10)5-6-28-13)25-20(30-18)12(26)8-29-14-4-2-11(22)15(16(14)23)19(24)27/h1-7,12,26H,8H2,(H2,24,27). The number of carbonyl (C=O) groups excluding carboxylic acids is 1. The number of rotatable bonds is 6. The number of amides is 1. The number of nitrogens with zero attached hydrogens (tertiary/aromatic N) is 1. The second kappa shape index (κ2) is 7.88. The third kappa shape index (κ3) is 3.66. The van der Waals surface area contributed by atoms with Crippen molar-refractivity contribution in [3.63, 3.8) is 0 Å². The molecule has 1 amide bonds. The van der Waals surface area contributed by atoms with Crippen molar-refractivity contribution in [3.8, 4) is 17.0 Å². The quantitative estimate of drug-likeness (QED) is 0.426. The number of nitrogens with two attached hydrogens (primary N) is 1. The summed E-state index contributed by atoms with van der Waals surface area (Å²) in [6.07, 6.45) is 0.200. The molecular weight excluding hydrogens is 466 g/mol. The zero-order valence-electron chi connectivity index (χ0n) is 15.1. The highest BCUT2D eigenvalue weighted by Crippen LogP contribution is 2.33. The maximum absolute atomic E-state index is 14.2. The lowest BCUT2D eigenvalue weighted by atomic mass is 10.1. The highest BCUT2D eigenvalue weighted by atomic mass is 79.9. The van der Waals surface area contributed by atoms with Gasteiger partial charge >= 0.3 is 0 Å². The molecule has 0 bridgehead atoms. The topological polar surface area (TPSA) is 112 Å².